The predicted molar refractivity (Wildman–Crippen MR) is 61.6 cm³/mol. The molecule has 1 unspecified atom stereocenters. The van der Waals surface area contributed by atoms with Gasteiger partial charge in [-0.05, 0) is 30.2 Å². The fraction of sp³-hybridized carbons (Fsp3) is 0.417. The summed E-state index contributed by atoms with van der Waals surface area (Å²) in [4.78, 5) is 11.6. The first-order valence-corrected chi connectivity index (χ1v) is 5.20. The minimum atomic E-state index is -0.136. The second-order valence-corrected chi connectivity index (χ2v) is 3.73. The number of benzene rings is 1. The third-order valence-electron chi connectivity index (χ3n) is 2.27. The number of ether oxygens (including phenoxy) is 1. The van der Waals surface area contributed by atoms with Gasteiger partial charge in [-0.2, -0.15) is 0 Å². The lowest BCUT2D eigenvalue weighted by Gasteiger charge is -2.09. The maximum atomic E-state index is 11.6. The third kappa shape index (κ3) is 3.55. The molecule has 0 saturated carbocycles. The summed E-state index contributed by atoms with van der Waals surface area (Å²) in [5.41, 5.74) is 0.589. The van der Waals surface area contributed by atoms with Crippen LogP contribution in [0.3, 0.4) is 0 Å². The van der Waals surface area contributed by atoms with Crippen LogP contribution in [0, 0.1) is 5.92 Å². The van der Waals surface area contributed by atoms with Crippen LogP contribution >= 0.6 is 0 Å². The van der Waals surface area contributed by atoms with Crippen LogP contribution in [-0.4, -0.2) is 31.3 Å². The first-order valence-electron chi connectivity index (χ1n) is 5.20. The third-order valence-corrected chi connectivity index (χ3v) is 2.27. The molecule has 0 aliphatic carbocycles. The van der Waals surface area contributed by atoms with Crippen LogP contribution in [0.15, 0.2) is 24.3 Å². The highest BCUT2D eigenvalue weighted by Gasteiger charge is 2.07. The van der Waals surface area contributed by atoms with E-state index in [4.69, 9.17) is 9.84 Å². The Balaban J connectivity index is 2.52. The van der Waals surface area contributed by atoms with Gasteiger partial charge in [0.2, 0.25) is 0 Å². The van der Waals surface area contributed by atoms with E-state index in [-0.39, 0.29) is 18.4 Å². The van der Waals surface area contributed by atoms with Gasteiger partial charge >= 0.3 is 0 Å². The Morgan fingerprint density at radius 2 is 2.06 bits per heavy atom. The molecule has 0 radical (unpaired) electrons. The Bertz CT molecular complexity index is 335. The van der Waals surface area contributed by atoms with E-state index in [9.17, 15) is 4.79 Å². The standard InChI is InChI=1S/C12H17NO3/c1-9(8-14)7-13-12(15)10-3-5-11(16-2)6-4-10/h3-6,9,14H,7-8H2,1-2H3,(H,13,15). The SMILES string of the molecule is COc1ccc(C(=O)NCC(C)CO)cc1. The normalized spacial score (nSPS) is 11.9. The number of carbonyl (C=O) groups is 1. The zero-order valence-electron chi connectivity index (χ0n) is 9.56. The molecular formula is C12H17NO3. The van der Waals surface area contributed by atoms with Crippen molar-refractivity contribution in [1.82, 2.24) is 5.32 Å². The fourth-order valence-corrected chi connectivity index (χ4v) is 1.18. The summed E-state index contributed by atoms with van der Waals surface area (Å²) in [6, 6.07) is 6.89. The maximum Gasteiger partial charge on any atom is 0.251 e. The lowest BCUT2D eigenvalue weighted by Crippen LogP contribution is -2.29. The van der Waals surface area contributed by atoms with Crippen LogP contribution in [0.5, 0.6) is 5.75 Å². The Morgan fingerprint density at radius 1 is 1.44 bits per heavy atom. The molecule has 1 aromatic carbocycles. The Kier molecular flexibility index (Phi) is 4.79. The molecule has 0 spiro atoms. The molecule has 16 heavy (non-hydrogen) atoms. The highest BCUT2D eigenvalue weighted by molar-refractivity contribution is 5.94. The molecule has 1 amide bonds. The number of aliphatic hydroxyl groups excluding tert-OH is 1. The number of hydrogen-bond acceptors (Lipinski definition) is 3. The number of aliphatic hydroxyl groups is 1. The van der Waals surface area contributed by atoms with E-state index in [2.05, 4.69) is 5.32 Å². The summed E-state index contributed by atoms with van der Waals surface area (Å²) in [7, 11) is 1.58. The van der Waals surface area contributed by atoms with E-state index in [1.165, 1.54) is 0 Å². The number of carbonyl (C=O) groups excluding carboxylic acids is 1. The first-order chi connectivity index (χ1) is 7.67. The summed E-state index contributed by atoms with van der Waals surface area (Å²) in [6.45, 7) is 2.42. The molecule has 0 fully saturated rings. The zero-order valence-corrected chi connectivity index (χ0v) is 9.56. The van der Waals surface area contributed by atoms with Crippen LogP contribution in [0.25, 0.3) is 0 Å². The molecule has 88 valence electrons. The highest BCUT2D eigenvalue weighted by atomic mass is 16.5. The van der Waals surface area contributed by atoms with Gasteiger partial charge in [-0.25, -0.2) is 0 Å². The maximum absolute atomic E-state index is 11.6. The molecule has 0 aliphatic rings. The number of hydrogen-bond donors (Lipinski definition) is 2. The van der Waals surface area contributed by atoms with Gasteiger partial charge in [-0.3, -0.25) is 4.79 Å². The smallest absolute Gasteiger partial charge is 0.251 e. The van der Waals surface area contributed by atoms with Crippen LogP contribution in [0.4, 0.5) is 0 Å². The molecule has 1 atom stereocenters. The largest absolute Gasteiger partial charge is 0.497 e. The topological polar surface area (TPSA) is 58.6 Å². The Labute approximate surface area is 95.2 Å². The molecule has 2 N–H and O–H groups in total. The summed E-state index contributed by atoms with van der Waals surface area (Å²) < 4.78 is 5.00. The van der Waals surface area contributed by atoms with Crippen LogP contribution in [-0.2, 0) is 0 Å². The molecular weight excluding hydrogens is 206 g/mol. The van der Waals surface area contributed by atoms with E-state index in [0.29, 0.717) is 12.1 Å². The van der Waals surface area contributed by atoms with Crippen molar-refractivity contribution >= 4 is 5.91 Å². The van der Waals surface area contributed by atoms with Gasteiger partial charge in [-0.1, -0.05) is 6.92 Å². The van der Waals surface area contributed by atoms with Crippen LogP contribution in [0.2, 0.25) is 0 Å². The molecule has 1 aromatic rings. The molecule has 1 rings (SSSR count). The van der Waals surface area contributed by atoms with Gasteiger partial charge in [0.1, 0.15) is 5.75 Å². The monoisotopic (exact) mass is 223 g/mol. The molecule has 0 saturated heterocycles. The summed E-state index contributed by atoms with van der Waals surface area (Å²) in [6.07, 6.45) is 0. The number of methoxy groups -OCH3 is 1. The first kappa shape index (κ1) is 12.5. The van der Waals surface area contributed by atoms with Crippen molar-refractivity contribution in [2.45, 2.75) is 6.92 Å². The number of amides is 1. The predicted octanol–water partition coefficient (Wildman–Crippen LogP) is 1.05. The average molecular weight is 223 g/mol. The van der Waals surface area contributed by atoms with Gasteiger partial charge in [0, 0.05) is 18.7 Å². The van der Waals surface area contributed by atoms with E-state index in [1.807, 2.05) is 6.92 Å². The van der Waals surface area contributed by atoms with Gasteiger partial charge in [0.25, 0.3) is 5.91 Å². The van der Waals surface area contributed by atoms with Crippen molar-refractivity contribution < 1.29 is 14.6 Å². The van der Waals surface area contributed by atoms with Gasteiger partial charge < -0.3 is 15.2 Å². The molecule has 0 bridgehead atoms. The van der Waals surface area contributed by atoms with Gasteiger partial charge in [0.15, 0.2) is 0 Å². The fourth-order valence-electron chi connectivity index (χ4n) is 1.18. The van der Waals surface area contributed by atoms with Crippen LogP contribution in [0.1, 0.15) is 17.3 Å². The van der Waals surface area contributed by atoms with E-state index in [0.717, 1.165) is 5.75 Å². The molecule has 0 aromatic heterocycles. The minimum Gasteiger partial charge on any atom is -0.497 e. The number of rotatable bonds is 5. The number of nitrogens with one attached hydrogen (secondary N) is 1. The molecule has 0 aliphatic heterocycles. The van der Waals surface area contributed by atoms with Crippen LogP contribution < -0.4 is 10.1 Å². The lowest BCUT2D eigenvalue weighted by molar-refractivity contribution is 0.0942. The van der Waals surface area contributed by atoms with Gasteiger partial charge in [0.05, 0.1) is 7.11 Å². The van der Waals surface area contributed by atoms with E-state index < -0.39 is 0 Å². The Morgan fingerprint density at radius 3 is 2.56 bits per heavy atom. The highest BCUT2D eigenvalue weighted by Crippen LogP contribution is 2.11. The van der Waals surface area contributed by atoms with E-state index >= 15 is 0 Å². The average Bonchev–Trinajstić information content (AvgIpc) is 2.35. The van der Waals surface area contributed by atoms with Crippen molar-refractivity contribution in [2.75, 3.05) is 20.3 Å². The molecule has 4 nitrogen and oxygen atoms in total. The van der Waals surface area contributed by atoms with Crippen molar-refractivity contribution in [2.24, 2.45) is 5.92 Å². The quantitative estimate of drug-likeness (QED) is 0.784. The zero-order chi connectivity index (χ0) is 12.0. The summed E-state index contributed by atoms with van der Waals surface area (Å²) in [5, 5.41) is 11.6. The molecule has 0 heterocycles. The lowest BCUT2D eigenvalue weighted by atomic mass is 10.1. The van der Waals surface area contributed by atoms with Crippen molar-refractivity contribution in [3.8, 4) is 5.75 Å². The van der Waals surface area contributed by atoms with Gasteiger partial charge in [-0.15, -0.1) is 0 Å². The summed E-state index contributed by atoms with van der Waals surface area (Å²) >= 11 is 0. The molecule has 4 heteroatoms. The van der Waals surface area contributed by atoms with Crippen molar-refractivity contribution in [1.29, 1.82) is 0 Å². The minimum absolute atomic E-state index is 0.0715. The second-order valence-electron chi connectivity index (χ2n) is 3.73. The van der Waals surface area contributed by atoms with E-state index in [1.54, 1.807) is 31.4 Å². The Hall–Kier alpha value is -1.55. The second kappa shape index (κ2) is 6.12. The summed E-state index contributed by atoms with van der Waals surface area (Å²) in [5.74, 6) is 0.658. The van der Waals surface area contributed by atoms with Crippen molar-refractivity contribution in [3.63, 3.8) is 0 Å². The van der Waals surface area contributed by atoms with Crippen molar-refractivity contribution in [3.05, 3.63) is 29.8 Å².